The number of nitrogen functional groups attached to an aromatic ring is 1. The van der Waals surface area contributed by atoms with Gasteiger partial charge < -0.3 is 10.2 Å². The van der Waals surface area contributed by atoms with Gasteiger partial charge in [0.2, 0.25) is 0 Å². The van der Waals surface area contributed by atoms with E-state index in [9.17, 15) is 13.2 Å². The summed E-state index contributed by atoms with van der Waals surface area (Å²) in [6.07, 6.45) is -4.39. The van der Waals surface area contributed by atoms with Crippen LogP contribution in [0.3, 0.4) is 0 Å². The van der Waals surface area contributed by atoms with Gasteiger partial charge in [-0.1, -0.05) is 26.0 Å². The standard InChI is InChI=1S/C14H16F3N3O/c1-8(2)10-6-9-4-3-5-11(21-7-14(15,16)17)12(9)19-13(10)20-18/h3-6,8H,7,18H2,1-2H3,(H,19,20). The van der Waals surface area contributed by atoms with Gasteiger partial charge in [-0.05, 0) is 23.6 Å². The highest BCUT2D eigenvalue weighted by molar-refractivity contribution is 5.87. The van der Waals surface area contributed by atoms with Crippen molar-refractivity contribution in [1.29, 1.82) is 0 Å². The molecule has 114 valence electrons. The number of nitrogens with one attached hydrogen (secondary N) is 1. The molecule has 0 fully saturated rings. The SMILES string of the molecule is CC(C)c1cc2cccc(OCC(F)(F)F)c2nc1NN. The lowest BCUT2D eigenvalue weighted by molar-refractivity contribution is -0.153. The van der Waals surface area contributed by atoms with Crippen molar-refractivity contribution in [3.05, 3.63) is 29.8 Å². The molecule has 0 saturated heterocycles. The van der Waals surface area contributed by atoms with Crippen molar-refractivity contribution in [3.8, 4) is 5.75 Å². The molecule has 0 unspecified atom stereocenters. The van der Waals surface area contributed by atoms with Crippen molar-refractivity contribution in [2.24, 2.45) is 5.84 Å². The van der Waals surface area contributed by atoms with Crippen LogP contribution < -0.4 is 16.0 Å². The number of hydrazine groups is 1. The van der Waals surface area contributed by atoms with Crippen LogP contribution in [0.15, 0.2) is 24.3 Å². The zero-order chi connectivity index (χ0) is 15.6. The number of fused-ring (bicyclic) bond motifs is 1. The maximum Gasteiger partial charge on any atom is 0.422 e. The van der Waals surface area contributed by atoms with Gasteiger partial charge in [0.1, 0.15) is 17.1 Å². The summed E-state index contributed by atoms with van der Waals surface area (Å²) < 4.78 is 41.7. The van der Waals surface area contributed by atoms with Gasteiger partial charge in [0.15, 0.2) is 6.61 Å². The van der Waals surface area contributed by atoms with Gasteiger partial charge in [-0.3, -0.25) is 0 Å². The molecule has 0 aliphatic rings. The first kappa shape index (κ1) is 15.4. The Morgan fingerprint density at radius 1 is 1.33 bits per heavy atom. The number of alkyl halides is 3. The third-order valence-corrected chi connectivity index (χ3v) is 2.99. The van der Waals surface area contributed by atoms with Gasteiger partial charge in [-0.15, -0.1) is 0 Å². The fourth-order valence-electron chi connectivity index (χ4n) is 2.02. The van der Waals surface area contributed by atoms with E-state index in [1.165, 1.54) is 6.07 Å². The van der Waals surface area contributed by atoms with Gasteiger partial charge in [0.25, 0.3) is 0 Å². The molecule has 0 aliphatic carbocycles. The minimum absolute atomic E-state index is 0.0802. The number of anilines is 1. The van der Waals surface area contributed by atoms with Gasteiger partial charge in [-0.25, -0.2) is 10.8 Å². The van der Waals surface area contributed by atoms with Crippen LogP contribution in [0.25, 0.3) is 10.9 Å². The van der Waals surface area contributed by atoms with Crippen molar-refractivity contribution >= 4 is 16.7 Å². The van der Waals surface area contributed by atoms with Crippen LogP contribution in [0, 0.1) is 0 Å². The summed E-state index contributed by atoms with van der Waals surface area (Å²) in [6.45, 7) is 2.60. The molecular formula is C14H16F3N3O. The molecule has 2 aromatic rings. The Labute approximate surface area is 120 Å². The highest BCUT2D eigenvalue weighted by Crippen LogP contribution is 2.31. The number of nitrogens with zero attached hydrogens (tertiary/aromatic N) is 1. The molecule has 1 heterocycles. The largest absolute Gasteiger partial charge is 0.482 e. The summed E-state index contributed by atoms with van der Waals surface area (Å²) >= 11 is 0. The molecule has 4 nitrogen and oxygen atoms in total. The van der Waals surface area contributed by atoms with Crippen molar-refractivity contribution in [1.82, 2.24) is 4.98 Å². The number of hydrogen-bond acceptors (Lipinski definition) is 4. The molecule has 21 heavy (non-hydrogen) atoms. The van der Waals surface area contributed by atoms with Crippen molar-refractivity contribution in [2.45, 2.75) is 25.9 Å². The van der Waals surface area contributed by atoms with Crippen LogP contribution in [0.1, 0.15) is 25.3 Å². The van der Waals surface area contributed by atoms with Gasteiger partial charge >= 0.3 is 6.18 Å². The van der Waals surface area contributed by atoms with Crippen molar-refractivity contribution < 1.29 is 17.9 Å². The number of benzene rings is 1. The highest BCUT2D eigenvalue weighted by atomic mass is 19.4. The average molecular weight is 299 g/mol. The maximum absolute atomic E-state index is 12.3. The Morgan fingerprint density at radius 3 is 2.62 bits per heavy atom. The summed E-state index contributed by atoms with van der Waals surface area (Å²) in [7, 11) is 0. The maximum atomic E-state index is 12.3. The smallest absolute Gasteiger partial charge is 0.422 e. The van der Waals surface area contributed by atoms with E-state index in [1.807, 2.05) is 19.9 Å². The van der Waals surface area contributed by atoms with Crippen LogP contribution in [0.2, 0.25) is 0 Å². The van der Waals surface area contributed by atoms with Crippen LogP contribution in [-0.2, 0) is 0 Å². The van der Waals surface area contributed by atoms with E-state index in [0.717, 1.165) is 5.56 Å². The second-order valence-corrected chi connectivity index (χ2v) is 4.96. The fourth-order valence-corrected chi connectivity index (χ4v) is 2.02. The summed E-state index contributed by atoms with van der Waals surface area (Å²) in [4.78, 5) is 4.29. The molecule has 0 saturated carbocycles. The first-order valence-electron chi connectivity index (χ1n) is 6.41. The molecule has 0 amide bonds. The molecule has 7 heteroatoms. The first-order valence-corrected chi connectivity index (χ1v) is 6.41. The third kappa shape index (κ3) is 3.55. The summed E-state index contributed by atoms with van der Waals surface area (Å²) in [5.74, 6) is 6.12. The number of para-hydroxylation sites is 1. The van der Waals surface area contributed by atoms with Crippen LogP contribution >= 0.6 is 0 Å². The van der Waals surface area contributed by atoms with E-state index in [-0.39, 0.29) is 11.7 Å². The van der Waals surface area contributed by atoms with E-state index in [4.69, 9.17) is 10.6 Å². The Kier molecular flexibility index (Phi) is 4.22. The van der Waals surface area contributed by atoms with Crippen molar-refractivity contribution in [3.63, 3.8) is 0 Å². The number of ether oxygens (including phenoxy) is 1. The lowest BCUT2D eigenvalue weighted by Gasteiger charge is -2.15. The number of pyridine rings is 1. The molecule has 1 aromatic heterocycles. The molecule has 3 N–H and O–H groups in total. The molecule has 0 spiro atoms. The molecule has 0 radical (unpaired) electrons. The zero-order valence-corrected chi connectivity index (χ0v) is 11.7. The Bertz CT molecular complexity index is 641. The lowest BCUT2D eigenvalue weighted by atomic mass is 10.0. The van der Waals surface area contributed by atoms with Crippen LogP contribution in [0.5, 0.6) is 5.75 Å². The lowest BCUT2D eigenvalue weighted by Crippen LogP contribution is -2.19. The zero-order valence-electron chi connectivity index (χ0n) is 11.7. The molecule has 0 bridgehead atoms. The average Bonchev–Trinajstić information content (AvgIpc) is 2.42. The number of nitrogens with two attached hydrogens (primary N) is 1. The molecule has 2 rings (SSSR count). The van der Waals surface area contributed by atoms with Gasteiger partial charge in [0, 0.05) is 5.39 Å². The molecular weight excluding hydrogens is 283 g/mol. The summed E-state index contributed by atoms with van der Waals surface area (Å²) in [5, 5.41) is 0.706. The normalized spacial score (nSPS) is 12.0. The third-order valence-electron chi connectivity index (χ3n) is 2.99. The second kappa shape index (κ2) is 5.77. The van der Waals surface area contributed by atoms with E-state index in [0.29, 0.717) is 16.7 Å². The Balaban J connectivity index is 2.49. The van der Waals surface area contributed by atoms with Crippen LogP contribution in [0.4, 0.5) is 19.0 Å². The number of halogens is 3. The monoisotopic (exact) mass is 299 g/mol. The first-order chi connectivity index (χ1) is 9.81. The van der Waals surface area contributed by atoms with Gasteiger partial charge in [0.05, 0.1) is 0 Å². The molecule has 0 atom stereocenters. The number of rotatable bonds is 4. The predicted molar refractivity (Wildman–Crippen MR) is 75.2 cm³/mol. The van der Waals surface area contributed by atoms with Crippen LogP contribution in [-0.4, -0.2) is 17.8 Å². The predicted octanol–water partition coefficient (Wildman–Crippen LogP) is 3.58. The minimum Gasteiger partial charge on any atom is -0.482 e. The van der Waals surface area contributed by atoms with E-state index in [2.05, 4.69) is 10.4 Å². The van der Waals surface area contributed by atoms with Gasteiger partial charge in [-0.2, -0.15) is 13.2 Å². The van der Waals surface area contributed by atoms with E-state index < -0.39 is 12.8 Å². The molecule has 1 aromatic carbocycles. The van der Waals surface area contributed by atoms with E-state index >= 15 is 0 Å². The molecule has 0 aliphatic heterocycles. The van der Waals surface area contributed by atoms with E-state index in [1.54, 1.807) is 12.1 Å². The number of aromatic nitrogens is 1. The fraction of sp³-hybridized carbons (Fsp3) is 0.357. The van der Waals surface area contributed by atoms with Crippen molar-refractivity contribution in [2.75, 3.05) is 12.0 Å². The topological polar surface area (TPSA) is 60.2 Å². The Morgan fingerprint density at radius 2 is 2.05 bits per heavy atom. The summed E-state index contributed by atoms with van der Waals surface area (Å²) in [6, 6.07) is 6.71. The minimum atomic E-state index is -4.39. The second-order valence-electron chi connectivity index (χ2n) is 4.96. The Hall–Kier alpha value is -2.02. The number of hydrogen-bond donors (Lipinski definition) is 2. The summed E-state index contributed by atoms with van der Waals surface area (Å²) in [5.41, 5.74) is 3.71. The highest BCUT2D eigenvalue weighted by Gasteiger charge is 2.28. The quantitative estimate of drug-likeness (QED) is 0.669.